The summed E-state index contributed by atoms with van der Waals surface area (Å²) in [5.74, 6) is 0.875. The van der Waals surface area contributed by atoms with Gasteiger partial charge < -0.3 is 19.7 Å². The third-order valence-corrected chi connectivity index (χ3v) is 5.62. The molecule has 0 aromatic heterocycles. The molecule has 0 bridgehead atoms. The molecule has 1 aromatic carbocycles. The first-order valence-corrected chi connectivity index (χ1v) is 11.0. The Labute approximate surface area is 176 Å². The summed E-state index contributed by atoms with van der Waals surface area (Å²) in [7, 11) is 0. The number of piperazine rings is 1. The number of ether oxygens (including phenoxy) is 2. The molecule has 1 amide bonds. The summed E-state index contributed by atoms with van der Waals surface area (Å²) >= 11 is 3.67. The summed E-state index contributed by atoms with van der Waals surface area (Å²) in [6.07, 6.45) is 1.51. The Morgan fingerprint density at radius 2 is 1.86 bits per heavy atom. The van der Waals surface area contributed by atoms with Crippen LogP contribution in [0.5, 0.6) is 5.75 Å². The van der Waals surface area contributed by atoms with E-state index < -0.39 is 5.60 Å². The Hall–Kier alpha value is -1.31. The number of benzene rings is 1. The number of carbonyl (C=O) groups excluding carboxylic acids is 1. The molecule has 2 fully saturated rings. The standard InChI is InChI=1S/C21H32BrN3O3/c1-21(2,3)28-20(26)25-10-6-17(7-11-25)27-19-5-4-16(14-18(19)22)15-24-12-8-23-9-13-24/h4-5,14,17,23H,6-13,15H2,1-3H3. The van der Waals surface area contributed by atoms with Crippen molar-refractivity contribution in [1.82, 2.24) is 15.1 Å². The second-order valence-electron chi connectivity index (χ2n) is 8.58. The van der Waals surface area contributed by atoms with E-state index in [0.717, 1.165) is 55.8 Å². The van der Waals surface area contributed by atoms with Crippen molar-refractivity contribution in [3.63, 3.8) is 0 Å². The first kappa shape index (κ1) is 21.4. The van der Waals surface area contributed by atoms with Crippen LogP contribution in [-0.2, 0) is 11.3 Å². The highest BCUT2D eigenvalue weighted by Crippen LogP contribution is 2.29. The van der Waals surface area contributed by atoms with Crippen LogP contribution in [0.2, 0.25) is 0 Å². The lowest BCUT2D eigenvalue weighted by molar-refractivity contribution is 0.0126. The zero-order chi connectivity index (χ0) is 20.1. The monoisotopic (exact) mass is 453 g/mol. The zero-order valence-electron chi connectivity index (χ0n) is 17.2. The highest BCUT2D eigenvalue weighted by Gasteiger charge is 2.28. The van der Waals surface area contributed by atoms with Gasteiger partial charge in [-0.15, -0.1) is 0 Å². The maximum Gasteiger partial charge on any atom is 0.410 e. The fourth-order valence-corrected chi connectivity index (χ4v) is 4.05. The van der Waals surface area contributed by atoms with E-state index in [1.165, 1.54) is 5.56 Å². The molecule has 0 aliphatic carbocycles. The van der Waals surface area contributed by atoms with Gasteiger partial charge in [0.2, 0.25) is 0 Å². The molecule has 1 N–H and O–H groups in total. The van der Waals surface area contributed by atoms with Gasteiger partial charge in [0.05, 0.1) is 4.47 Å². The Balaban J connectivity index is 1.48. The first-order valence-electron chi connectivity index (χ1n) is 10.2. The van der Waals surface area contributed by atoms with Crippen molar-refractivity contribution < 1.29 is 14.3 Å². The molecule has 0 radical (unpaired) electrons. The number of nitrogens with zero attached hydrogens (tertiary/aromatic N) is 2. The number of carbonyl (C=O) groups is 1. The van der Waals surface area contributed by atoms with Crippen LogP contribution in [-0.4, -0.2) is 66.9 Å². The highest BCUT2D eigenvalue weighted by atomic mass is 79.9. The van der Waals surface area contributed by atoms with Crippen molar-refractivity contribution in [3.8, 4) is 5.75 Å². The van der Waals surface area contributed by atoms with Crippen molar-refractivity contribution in [2.75, 3.05) is 39.3 Å². The Bertz CT molecular complexity index is 663. The fourth-order valence-electron chi connectivity index (χ4n) is 3.53. The lowest BCUT2D eigenvalue weighted by Gasteiger charge is -2.33. The van der Waals surface area contributed by atoms with Gasteiger partial charge in [0.25, 0.3) is 0 Å². The smallest absolute Gasteiger partial charge is 0.410 e. The van der Waals surface area contributed by atoms with E-state index in [1.807, 2.05) is 20.8 Å². The molecular formula is C21H32BrN3O3. The van der Waals surface area contributed by atoms with E-state index in [4.69, 9.17) is 9.47 Å². The summed E-state index contributed by atoms with van der Waals surface area (Å²) in [5.41, 5.74) is 0.836. The highest BCUT2D eigenvalue weighted by molar-refractivity contribution is 9.10. The summed E-state index contributed by atoms with van der Waals surface area (Å²) in [6.45, 7) is 12.3. The SMILES string of the molecule is CC(C)(C)OC(=O)N1CCC(Oc2ccc(CN3CCNCC3)cc2Br)CC1. The molecule has 2 heterocycles. The molecule has 6 nitrogen and oxygen atoms in total. The molecule has 0 spiro atoms. The van der Waals surface area contributed by atoms with Gasteiger partial charge in [-0.05, 0) is 54.4 Å². The molecule has 28 heavy (non-hydrogen) atoms. The van der Waals surface area contributed by atoms with Gasteiger partial charge in [0.15, 0.2) is 0 Å². The maximum atomic E-state index is 12.2. The van der Waals surface area contributed by atoms with Crippen LogP contribution in [0.3, 0.4) is 0 Å². The van der Waals surface area contributed by atoms with Crippen LogP contribution in [0.25, 0.3) is 0 Å². The molecule has 0 saturated carbocycles. The summed E-state index contributed by atoms with van der Waals surface area (Å²) in [6, 6.07) is 6.37. The molecule has 3 rings (SSSR count). The minimum Gasteiger partial charge on any atom is -0.489 e. The predicted molar refractivity (Wildman–Crippen MR) is 114 cm³/mol. The second-order valence-corrected chi connectivity index (χ2v) is 9.43. The van der Waals surface area contributed by atoms with Crippen LogP contribution in [0.1, 0.15) is 39.2 Å². The van der Waals surface area contributed by atoms with Crippen LogP contribution in [0, 0.1) is 0 Å². The second kappa shape index (κ2) is 9.46. The molecule has 2 aliphatic heterocycles. The molecule has 2 saturated heterocycles. The van der Waals surface area contributed by atoms with Crippen LogP contribution in [0.15, 0.2) is 22.7 Å². The number of amides is 1. The van der Waals surface area contributed by atoms with Gasteiger partial charge in [0, 0.05) is 58.7 Å². The number of hydrogen-bond acceptors (Lipinski definition) is 5. The van der Waals surface area contributed by atoms with Gasteiger partial charge in [-0.25, -0.2) is 4.79 Å². The van der Waals surface area contributed by atoms with Gasteiger partial charge in [-0.1, -0.05) is 6.07 Å². The summed E-state index contributed by atoms with van der Waals surface area (Å²) in [5, 5.41) is 3.38. The first-order chi connectivity index (χ1) is 13.3. The van der Waals surface area contributed by atoms with E-state index in [1.54, 1.807) is 4.90 Å². The van der Waals surface area contributed by atoms with Gasteiger partial charge in [-0.2, -0.15) is 0 Å². The largest absolute Gasteiger partial charge is 0.489 e. The topological polar surface area (TPSA) is 54.0 Å². The normalized spacial score (nSPS) is 19.5. The Morgan fingerprint density at radius 1 is 1.18 bits per heavy atom. The molecule has 156 valence electrons. The Kier molecular flexibility index (Phi) is 7.23. The number of halogens is 1. The zero-order valence-corrected chi connectivity index (χ0v) is 18.8. The molecule has 0 unspecified atom stereocenters. The van der Waals surface area contributed by atoms with Crippen molar-refractivity contribution in [1.29, 1.82) is 0 Å². The number of piperidine rings is 1. The minimum absolute atomic E-state index is 0.119. The van der Waals surface area contributed by atoms with E-state index >= 15 is 0 Å². The third-order valence-electron chi connectivity index (χ3n) is 5.00. The minimum atomic E-state index is -0.457. The molecular weight excluding hydrogens is 422 g/mol. The summed E-state index contributed by atoms with van der Waals surface area (Å²) in [4.78, 5) is 16.4. The number of hydrogen-bond donors (Lipinski definition) is 1. The predicted octanol–water partition coefficient (Wildman–Crippen LogP) is 3.63. The lowest BCUT2D eigenvalue weighted by Crippen LogP contribution is -2.44. The fraction of sp³-hybridized carbons (Fsp3) is 0.667. The van der Waals surface area contributed by atoms with Crippen molar-refractivity contribution in [2.24, 2.45) is 0 Å². The van der Waals surface area contributed by atoms with Crippen LogP contribution >= 0.6 is 15.9 Å². The summed E-state index contributed by atoms with van der Waals surface area (Å²) < 4.78 is 12.7. The average molecular weight is 454 g/mol. The molecule has 0 atom stereocenters. The van der Waals surface area contributed by atoms with Gasteiger partial charge >= 0.3 is 6.09 Å². The maximum absolute atomic E-state index is 12.2. The number of likely N-dealkylation sites (tertiary alicyclic amines) is 1. The van der Waals surface area contributed by atoms with Crippen molar-refractivity contribution in [2.45, 2.75) is 51.9 Å². The average Bonchev–Trinajstić information content (AvgIpc) is 2.64. The molecule has 1 aromatic rings. The van der Waals surface area contributed by atoms with Gasteiger partial charge in [-0.3, -0.25) is 4.90 Å². The number of nitrogens with one attached hydrogen (secondary N) is 1. The quantitative estimate of drug-likeness (QED) is 0.753. The van der Waals surface area contributed by atoms with E-state index in [0.29, 0.717) is 13.1 Å². The molecule has 7 heteroatoms. The molecule has 2 aliphatic rings. The van der Waals surface area contributed by atoms with Gasteiger partial charge in [0.1, 0.15) is 17.5 Å². The Morgan fingerprint density at radius 3 is 2.46 bits per heavy atom. The van der Waals surface area contributed by atoms with Crippen molar-refractivity contribution >= 4 is 22.0 Å². The number of rotatable bonds is 4. The van der Waals surface area contributed by atoms with Crippen LogP contribution < -0.4 is 10.1 Å². The van der Waals surface area contributed by atoms with E-state index in [-0.39, 0.29) is 12.2 Å². The van der Waals surface area contributed by atoms with Crippen LogP contribution in [0.4, 0.5) is 4.79 Å². The van der Waals surface area contributed by atoms with E-state index in [2.05, 4.69) is 44.3 Å². The lowest BCUT2D eigenvalue weighted by atomic mass is 10.1. The van der Waals surface area contributed by atoms with E-state index in [9.17, 15) is 4.79 Å². The van der Waals surface area contributed by atoms with Crippen molar-refractivity contribution in [3.05, 3.63) is 28.2 Å². The third kappa shape index (κ3) is 6.36.